The summed E-state index contributed by atoms with van der Waals surface area (Å²) < 4.78 is 0. The van der Waals surface area contributed by atoms with Crippen molar-refractivity contribution in [1.29, 1.82) is 0 Å². The van der Waals surface area contributed by atoms with Crippen LogP contribution in [0.1, 0.15) is 19.8 Å². The highest BCUT2D eigenvalue weighted by molar-refractivity contribution is 6.06. The van der Waals surface area contributed by atoms with Gasteiger partial charge in [-0.05, 0) is 25.5 Å². The van der Waals surface area contributed by atoms with E-state index in [4.69, 9.17) is 0 Å². The van der Waals surface area contributed by atoms with Crippen LogP contribution in [0.5, 0.6) is 0 Å². The number of nitrogens with one attached hydrogen (secondary N) is 2. The van der Waals surface area contributed by atoms with Crippen molar-refractivity contribution in [3.8, 4) is 0 Å². The highest BCUT2D eigenvalue weighted by Crippen LogP contribution is 2.28. The molecule has 2 heterocycles. The number of carbonyl (C=O) groups excluding carboxylic acids is 3. The summed E-state index contributed by atoms with van der Waals surface area (Å²) in [5.74, 6) is -0.351. The molecule has 0 saturated carbocycles. The van der Waals surface area contributed by atoms with Crippen LogP contribution in [0.15, 0.2) is 24.3 Å². The Bertz CT molecular complexity index is 743. The number of hydrogen-bond acceptors (Lipinski definition) is 5. The molecular formula is C19H27N5O3. The zero-order valence-corrected chi connectivity index (χ0v) is 16.1. The number of piperazine rings is 1. The molecule has 0 aliphatic carbocycles. The minimum absolute atomic E-state index is 0.0192. The molecule has 1 aromatic rings. The van der Waals surface area contributed by atoms with Crippen LogP contribution < -0.4 is 20.4 Å². The number of nitrogens with zero attached hydrogens (tertiary/aromatic N) is 3. The number of amides is 4. The zero-order valence-electron chi connectivity index (χ0n) is 16.1. The fourth-order valence-corrected chi connectivity index (χ4v) is 3.58. The number of anilines is 2. The molecule has 146 valence electrons. The second-order valence-electron chi connectivity index (χ2n) is 7.49. The van der Waals surface area contributed by atoms with E-state index in [-0.39, 0.29) is 18.2 Å². The van der Waals surface area contributed by atoms with Crippen molar-refractivity contribution in [3.05, 3.63) is 24.3 Å². The molecule has 2 N–H and O–H groups in total. The largest absolute Gasteiger partial charge is 0.376 e. The predicted molar refractivity (Wildman–Crippen MR) is 104 cm³/mol. The van der Waals surface area contributed by atoms with Crippen LogP contribution in [0.25, 0.3) is 0 Å². The topological polar surface area (TPSA) is 85.0 Å². The third kappa shape index (κ3) is 3.99. The lowest BCUT2D eigenvalue weighted by Crippen LogP contribution is -2.50. The molecule has 0 radical (unpaired) electrons. The summed E-state index contributed by atoms with van der Waals surface area (Å²) >= 11 is 0. The van der Waals surface area contributed by atoms with E-state index in [1.54, 1.807) is 6.92 Å². The van der Waals surface area contributed by atoms with Crippen molar-refractivity contribution < 1.29 is 14.4 Å². The lowest BCUT2D eigenvalue weighted by molar-refractivity contribution is -0.132. The van der Waals surface area contributed by atoms with Crippen molar-refractivity contribution in [3.63, 3.8) is 0 Å². The lowest BCUT2D eigenvalue weighted by Gasteiger charge is -2.38. The van der Waals surface area contributed by atoms with Gasteiger partial charge < -0.3 is 20.0 Å². The molecule has 2 fully saturated rings. The van der Waals surface area contributed by atoms with E-state index >= 15 is 0 Å². The standard InChI is InChI=1S/C19H27N5O3/c1-19(17(26)20-18(27)21-19)9-8-16(25)24-12-10-23(11-13-24)15-7-5-4-6-14(15)22(2)3/h4-7H,8-13H2,1-3H3,(H2,20,21,26,27). The first-order chi connectivity index (χ1) is 12.8. The van der Waals surface area contributed by atoms with Crippen molar-refractivity contribution in [2.45, 2.75) is 25.3 Å². The molecule has 0 spiro atoms. The molecule has 2 aliphatic rings. The average molecular weight is 373 g/mol. The van der Waals surface area contributed by atoms with Crippen molar-refractivity contribution in [1.82, 2.24) is 15.5 Å². The second kappa shape index (κ2) is 7.46. The van der Waals surface area contributed by atoms with E-state index in [0.29, 0.717) is 19.5 Å². The molecule has 8 heteroatoms. The first-order valence-electron chi connectivity index (χ1n) is 9.23. The molecule has 1 atom stereocenters. The van der Waals surface area contributed by atoms with Crippen LogP contribution in [0.3, 0.4) is 0 Å². The molecule has 2 saturated heterocycles. The van der Waals surface area contributed by atoms with E-state index in [0.717, 1.165) is 18.8 Å². The fraction of sp³-hybridized carbons (Fsp3) is 0.526. The van der Waals surface area contributed by atoms with E-state index in [1.165, 1.54) is 5.69 Å². The summed E-state index contributed by atoms with van der Waals surface area (Å²) in [5, 5.41) is 4.82. The Hall–Kier alpha value is -2.77. The Morgan fingerprint density at radius 1 is 1.15 bits per heavy atom. The van der Waals surface area contributed by atoms with Crippen LogP contribution in [-0.2, 0) is 9.59 Å². The molecule has 0 bridgehead atoms. The molecule has 4 amide bonds. The minimum atomic E-state index is -1.00. The van der Waals surface area contributed by atoms with Gasteiger partial charge in [-0.25, -0.2) is 4.79 Å². The van der Waals surface area contributed by atoms with Gasteiger partial charge in [0, 0.05) is 46.7 Å². The van der Waals surface area contributed by atoms with Crippen molar-refractivity contribution in [2.75, 3.05) is 50.1 Å². The van der Waals surface area contributed by atoms with Crippen LogP contribution in [-0.4, -0.2) is 68.6 Å². The normalized spacial score (nSPS) is 22.5. The van der Waals surface area contributed by atoms with Crippen LogP contribution >= 0.6 is 0 Å². The molecular weight excluding hydrogens is 346 g/mol. The maximum Gasteiger partial charge on any atom is 0.322 e. The molecule has 2 aliphatic heterocycles. The number of imide groups is 1. The van der Waals surface area contributed by atoms with Crippen LogP contribution in [0.2, 0.25) is 0 Å². The van der Waals surface area contributed by atoms with Gasteiger partial charge in [0.2, 0.25) is 5.91 Å². The summed E-state index contributed by atoms with van der Waals surface area (Å²) in [5.41, 5.74) is 1.33. The average Bonchev–Trinajstić information content (AvgIpc) is 2.92. The Labute approximate surface area is 159 Å². The number of carbonyl (C=O) groups is 3. The van der Waals surface area contributed by atoms with Gasteiger partial charge in [-0.15, -0.1) is 0 Å². The quantitative estimate of drug-likeness (QED) is 0.745. The third-order valence-electron chi connectivity index (χ3n) is 5.29. The Kier molecular flexibility index (Phi) is 5.25. The first kappa shape index (κ1) is 19.0. The van der Waals surface area contributed by atoms with E-state index in [2.05, 4.69) is 32.6 Å². The minimum Gasteiger partial charge on any atom is -0.376 e. The summed E-state index contributed by atoms with van der Waals surface area (Å²) in [4.78, 5) is 42.0. The van der Waals surface area contributed by atoms with Crippen LogP contribution in [0, 0.1) is 0 Å². The number of para-hydroxylation sites is 2. The maximum absolute atomic E-state index is 12.6. The lowest BCUT2D eigenvalue weighted by atomic mass is 9.96. The second-order valence-corrected chi connectivity index (χ2v) is 7.49. The smallest absolute Gasteiger partial charge is 0.322 e. The number of rotatable bonds is 5. The fourth-order valence-electron chi connectivity index (χ4n) is 3.58. The number of urea groups is 1. The zero-order chi connectivity index (χ0) is 19.6. The molecule has 3 rings (SSSR count). The summed E-state index contributed by atoms with van der Waals surface area (Å²) in [6.07, 6.45) is 0.533. The van der Waals surface area contributed by atoms with E-state index in [1.807, 2.05) is 31.1 Å². The Morgan fingerprint density at radius 2 is 1.81 bits per heavy atom. The third-order valence-corrected chi connectivity index (χ3v) is 5.29. The Morgan fingerprint density at radius 3 is 2.41 bits per heavy atom. The van der Waals surface area contributed by atoms with Crippen molar-refractivity contribution in [2.24, 2.45) is 0 Å². The summed E-state index contributed by atoms with van der Waals surface area (Å²) in [6.45, 7) is 4.48. The SMILES string of the molecule is CN(C)c1ccccc1N1CCN(C(=O)CCC2(C)NC(=O)NC2=O)CC1. The van der Waals surface area contributed by atoms with Gasteiger partial charge in [0.05, 0.1) is 11.4 Å². The molecule has 1 unspecified atom stereocenters. The number of benzene rings is 1. The van der Waals surface area contributed by atoms with Gasteiger partial charge in [0.1, 0.15) is 5.54 Å². The molecule has 27 heavy (non-hydrogen) atoms. The van der Waals surface area contributed by atoms with Gasteiger partial charge in [0.25, 0.3) is 5.91 Å². The van der Waals surface area contributed by atoms with Gasteiger partial charge in [-0.1, -0.05) is 12.1 Å². The van der Waals surface area contributed by atoms with Gasteiger partial charge in [0.15, 0.2) is 0 Å². The number of hydrogen-bond donors (Lipinski definition) is 2. The van der Waals surface area contributed by atoms with Gasteiger partial charge in [-0.2, -0.15) is 0 Å². The first-order valence-corrected chi connectivity index (χ1v) is 9.23. The summed E-state index contributed by atoms with van der Waals surface area (Å²) in [7, 11) is 4.05. The molecule has 8 nitrogen and oxygen atoms in total. The van der Waals surface area contributed by atoms with Gasteiger partial charge >= 0.3 is 6.03 Å². The van der Waals surface area contributed by atoms with Gasteiger partial charge in [-0.3, -0.25) is 14.9 Å². The van der Waals surface area contributed by atoms with Crippen molar-refractivity contribution >= 4 is 29.2 Å². The Balaban J connectivity index is 1.54. The van der Waals surface area contributed by atoms with E-state index in [9.17, 15) is 14.4 Å². The van der Waals surface area contributed by atoms with E-state index < -0.39 is 11.6 Å². The molecule has 1 aromatic carbocycles. The molecule has 0 aromatic heterocycles. The summed E-state index contributed by atoms with van der Waals surface area (Å²) in [6, 6.07) is 7.76. The highest BCUT2D eigenvalue weighted by Gasteiger charge is 2.42. The predicted octanol–water partition coefficient (Wildman–Crippen LogP) is 0.780. The highest BCUT2D eigenvalue weighted by atomic mass is 16.2. The monoisotopic (exact) mass is 373 g/mol. The van der Waals surface area contributed by atoms with Crippen LogP contribution in [0.4, 0.5) is 16.2 Å². The maximum atomic E-state index is 12.6.